The minimum absolute atomic E-state index is 0.215. The normalized spacial score (nSPS) is 14.3. The third-order valence-electron chi connectivity index (χ3n) is 5.65. The van der Waals surface area contributed by atoms with Crippen LogP contribution < -0.4 is 9.64 Å². The predicted octanol–water partition coefficient (Wildman–Crippen LogP) is 5.13. The number of hydrogen-bond acceptors (Lipinski definition) is 7. The fourth-order valence-corrected chi connectivity index (χ4v) is 5.05. The molecule has 0 unspecified atom stereocenters. The first-order chi connectivity index (χ1) is 16.5. The van der Waals surface area contributed by atoms with Gasteiger partial charge in [0.2, 0.25) is 0 Å². The van der Waals surface area contributed by atoms with Crippen LogP contribution in [0.1, 0.15) is 29.8 Å². The average molecular weight is 478 g/mol. The Morgan fingerprint density at radius 3 is 2.38 bits per heavy atom. The third kappa shape index (κ3) is 5.90. The lowest BCUT2D eigenvalue weighted by Crippen LogP contribution is -2.46. The van der Waals surface area contributed by atoms with Crippen molar-refractivity contribution in [2.45, 2.75) is 36.3 Å². The summed E-state index contributed by atoms with van der Waals surface area (Å²) in [5.74, 6) is 1.11. The minimum Gasteiger partial charge on any atom is -0.496 e. The first-order valence-electron chi connectivity index (χ1n) is 11.6. The maximum atomic E-state index is 13.2. The Morgan fingerprint density at radius 1 is 0.971 bits per heavy atom. The van der Waals surface area contributed by atoms with Crippen molar-refractivity contribution in [3.8, 4) is 5.75 Å². The number of piperazine rings is 1. The van der Waals surface area contributed by atoms with Crippen molar-refractivity contribution >= 4 is 23.5 Å². The molecule has 0 atom stereocenters. The van der Waals surface area contributed by atoms with Gasteiger partial charge in [0.05, 0.1) is 18.1 Å². The quantitative estimate of drug-likeness (QED) is 0.417. The van der Waals surface area contributed by atoms with Crippen molar-refractivity contribution in [2.24, 2.45) is 0 Å². The van der Waals surface area contributed by atoms with Crippen LogP contribution in [0.3, 0.4) is 0 Å². The second-order valence-corrected chi connectivity index (χ2v) is 9.55. The largest absolute Gasteiger partial charge is 0.496 e. The van der Waals surface area contributed by atoms with E-state index in [9.17, 15) is 4.79 Å². The predicted molar refractivity (Wildman–Crippen MR) is 136 cm³/mol. The van der Waals surface area contributed by atoms with E-state index in [4.69, 9.17) is 9.47 Å². The van der Waals surface area contributed by atoms with E-state index in [1.807, 2.05) is 50.2 Å². The molecule has 7 heteroatoms. The van der Waals surface area contributed by atoms with E-state index in [0.29, 0.717) is 11.4 Å². The number of benzene rings is 2. The van der Waals surface area contributed by atoms with Crippen molar-refractivity contribution in [1.29, 1.82) is 0 Å². The van der Waals surface area contributed by atoms with Gasteiger partial charge in [-0.3, -0.25) is 4.90 Å². The van der Waals surface area contributed by atoms with E-state index in [-0.39, 0.29) is 12.1 Å². The van der Waals surface area contributed by atoms with Gasteiger partial charge in [-0.25, -0.2) is 9.78 Å². The highest BCUT2D eigenvalue weighted by atomic mass is 32.2. The first-order valence-corrected chi connectivity index (χ1v) is 12.4. The molecule has 4 rings (SSSR count). The van der Waals surface area contributed by atoms with Crippen LogP contribution in [0.2, 0.25) is 0 Å². The lowest BCUT2D eigenvalue weighted by Gasteiger charge is -2.36. The maximum absolute atomic E-state index is 13.2. The molecule has 1 aromatic heterocycles. The molecule has 0 N–H and O–H groups in total. The van der Waals surface area contributed by atoms with Gasteiger partial charge in [0.15, 0.2) is 0 Å². The Morgan fingerprint density at radius 2 is 1.68 bits per heavy atom. The molecule has 2 aromatic carbocycles. The molecule has 0 amide bonds. The van der Waals surface area contributed by atoms with Gasteiger partial charge in [-0.05, 0) is 37.6 Å². The van der Waals surface area contributed by atoms with Crippen LogP contribution in [0, 0.1) is 0 Å². The number of carbonyl (C=O) groups is 1. The highest BCUT2D eigenvalue weighted by Crippen LogP contribution is 2.39. The summed E-state index contributed by atoms with van der Waals surface area (Å²) in [6, 6.07) is 20.2. The molecule has 0 spiro atoms. The molecule has 0 saturated carbocycles. The number of methoxy groups -OCH3 is 1. The van der Waals surface area contributed by atoms with E-state index in [0.717, 1.165) is 48.3 Å². The Labute approximate surface area is 205 Å². The van der Waals surface area contributed by atoms with Crippen molar-refractivity contribution < 1.29 is 14.3 Å². The summed E-state index contributed by atoms with van der Waals surface area (Å²) >= 11 is 1.50. The van der Waals surface area contributed by atoms with E-state index in [1.54, 1.807) is 13.3 Å². The molecule has 6 nitrogen and oxygen atoms in total. The highest BCUT2D eigenvalue weighted by Gasteiger charge is 2.27. The molecule has 0 aliphatic carbocycles. The van der Waals surface area contributed by atoms with E-state index >= 15 is 0 Å². The summed E-state index contributed by atoms with van der Waals surface area (Å²) in [5.41, 5.74) is 1.83. The summed E-state index contributed by atoms with van der Waals surface area (Å²) in [6.45, 7) is 8.05. The second kappa shape index (κ2) is 11.4. The number of para-hydroxylation sites is 1. The molecule has 1 aliphatic heterocycles. The van der Waals surface area contributed by atoms with Crippen molar-refractivity contribution in [3.05, 3.63) is 78.0 Å². The fraction of sp³-hybridized carbons (Fsp3) is 0.333. The SMILES string of the molecule is COc1ccccc1Sc1ccnc(N2CCN(Cc3ccccc3)CC2)c1C(=O)OC(C)C. The van der Waals surface area contributed by atoms with Crippen molar-refractivity contribution in [2.75, 3.05) is 38.2 Å². The van der Waals surface area contributed by atoms with E-state index < -0.39 is 0 Å². The third-order valence-corrected chi connectivity index (χ3v) is 6.77. The number of rotatable bonds is 8. The topological polar surface area (TPSA) is 54.9 Å². The lowest BCUT2D eigenvalue weighted by atomic mass is 10.2. The number of anilines is 1. The fourth-order valence-electron chi connectivity index (χ4n) is 4.00. The lowest BCUT2D eigenvalue weighted by molar-refractivity contribution is 0.0374. The number of pyridine rings is 1. The molecule has 34 heavy (non-hydrogen) atoms. The molecule has 1 saturated heterocycles. The zero-order valence-electron chi connectivity index (χ0n) is 19.9. The van der Waals surface area contributed by atoms with Crippen LogP contribution in [0.5, 0.6) is 5.75 Å². The van der Waals surface area contributed by atoms with Gasteiger partial charge in [-0.15, -0.1) is 0 Å². The summed E-state index contributed by atoms with van der Waals surface area (Å²) < 4.78 is 11.2. The first kappa shape index (κ1) is 24.1. The molecular formula is C27H31N3O3S. The van der Waals surface area contributed by atoms with E-state index in [2.05, 4.69) is 39.0 Å². The summed E-state index contributed by atoms with van der Waals surface area (Å²) in [7, 11) is 1.65. The van der Waals surface area contributed by atoms with Crippen LogP contribution in [0.15, 0.2) is 76.7 Å². The van der Waals surface area contributed by atoms with E-state index in [1.165, 1.54) is 17.3 Å². The summed E-state index contributed by atoms with van der Waals surface area (Å²) in [6.07, 6.45) is 1.56. The van der Waals surface area contributed by atoms with Gasteiger partial charge in [-0.2, -0.15) is 0 Å². The minimum atomic E-state index is -0.345. The van der Waals surface area contributed by atoms with Crippen molar-refractivity contribution in [3.63, 3.8) is 0 Å². The number of carbonyl (C=O) groups excluding carboxylic acids is 1. The van der Waals surface area contributed by atoms with Crippen LogP contribution in [0.4, 0.5) is 5.82 Å². The molecular weight excluding hydrogens is 446 g/mol. The number of esters is 1. The molecule has 178 valence electrons. The van der Waals surface area contributed by atoms with Crippen LogP contribution in [-0.4, -0.2) is 55.2 Å². The molecule has 0 radical (unpaired) electrons. The summed E-state index contributed by atoms with van der Waals surface area (Å²) in [5, 5.41) is 0. The second-order valence-electron chi connectivity index (χ2n) is 8.46. The number of nitrogens with zero attached hydrogens (tertiary/aromatic N) is 3. The Balaban J connectivity index is 1.58. The van der Waals surface area contributed by atoms with Gasteiger partial charge < -0.3 is 14.4 Å². The molecule has 2 heterocycles. The Kier molecular flexibility index (Phi) is 8.08. The zero-order valence-corrected chi connectivity index (χ0v) is 20.8. The molecule has 1 aliphatic rings. The van der Waals surface area contributed by atoms with Gasteiger partial charge in [0.25, 0.3) is 0 Å². The molecule has 3 aromatic rings. The standard InChI is InChI=1S/C27H31N3O3S/c1-20(2)33-27(31)25-24(34-23-12-8-7-11-22(23)32-3)13-14-28-26(25)30-17-15-29(16-18-30)19-21-9-5-4-6-10-21/h4-14,20H,15-19H2,1-3H3. The Hall–Kier alpha value is -3.03. The van der Waals surface area contributed by atoms with Crippen LogP contribution in [-0.2, 0) is 11.3 Å². The van der Waals surface area contributed by atoms with Gasteiger partial charge in [0.1, 0.15) is 17.1 Å². The van der Waals surface area contributed by atoms with Gasteiger partial charge in [0, 0.05) is 43.8 Å². The molecule has 0 bridgehead atoms. The van der Waals surface area contributed by atoms with Gasteiger partial charge in [-0.1, -0.05) is 54.2 Å². The van der Waals surface area contributed by atoms with Gasteiger partial charge >= 0.3 is 5.97 Å². The van der Waals surface area contributed by atoms with Crippen LogP contribution >= 0.6 is 11.8 Å². The Bertz CT molecular complexity index is 1100. The molecule has 1 fully saturated rings. The van der Waals surface area contributed by atoms with Crippen molar-refractivity contribution in [1.82, 2.24) is 9.88 Å². The zero-order chi connectivity index (χ0) is 23.9. The summed E-state index contributed by atoms with van der Waals surface area (Å²) in [4.78, 5) is 24.3. The van der Waals surface area contributed by atoms with Crippen LogP contribution in [0.25, 0.3) is 0 Å². The smallest absolute Gasteiger partial charge is 0.343 e. The maximum Gasteiger partial charge on any atom is 0.343 e. The number of hydrogen-bond donors (Lipinski definition) is 0. The highest BCUT2D eigenvalue weighted by molar-refractivity contribution is 7.99. The monoisotopic (exact) mass is 477 g/mol. The average Bonchev–Trinajstić information content (AvgIpc) is 2.85. The number of aromatic nitrogens is 1. The number of ether oxygens (including phenoxy) is 2.